The van der Waals surface area contributed by atoms with Crippen molar-refractivity contribution in [2.75, 3.05) is 38.2 Å². The predicted octanol–water partition coefficient (Wildman–Crippen LogP) is 1.59. The largest absolute Gasteiger partial charge is 0.377 e. The van der Waals surface area contributed by atoms with E-state index in [1.807, 2.05) is 12.1 Å². The van der Waals surface area contributed by atoms with Crippen LogP contribution in [0.25, 0.3) is 0 Å². The number of methoxy groups -OCH3 is 1. The summed E-state index contributed by atoms with van der Waals surface area (Å²) in [6.07, 6.45) is 1.74. The fourth-order valence-corrected chi connectivity index (χ4v) is 2.65. The molecule has 0 bridgehead atoms. The molecule has 7 nitrogen and oxygen atoms in total. The van der Waals surface area contributed by atoms with Gasteiger partial charge in [-0.05, 0) is 12.1 Å². The highest BCUT2D eigenvalue weighted by molar-refractivity contribution is 6.29. The summed E-state index contributed by atoms with van der Waals surface area (Å²) in [5.41, 5.74) is 1.11. The van der Waals surface area contributed by atoms with Crippen LogP contribution >= 0.6 is 11.6 Å². The van der Waals surface area contributed by atoms with Gasteiger partial charge in [0.05, 0.1) is 6.54 Å². The summed E-state index contributed by atoms with van der Waals surface area (Å²) in [7, 11) is 1.61. The second kappa shape index (κ2) is 7.04. The highest BCUT2D eigenvalue weighted by atomic mass is 35.5. The summed E-state index contributed by atoms with van der Waals surface area (Å²) in [6, 6.07) is 3.88. The molecule has 0 aliphatic carbocycles. The van der Waals surface area contributed by atoms with E-state index in [1.54, 1.807) is 13.3 Å². The van der Waals surface area contributed by atoms with Crippen molar-refractivity contribution in [2.45, 2.75) is 13.2 Å². The molecule has 1 aliphatic rings. The number of aromatic nitrogens is 3. The van der Waals surface area contributed by atoms with E-state index in [0.29, 0.717) is 30.0 Å². The summed E-state index contributed by atoms with van der Waals surface area (Å²) in [4.78, 5) is 12.9. The first-order valence-electron chi connectivity index (χ1n) is 7.14. The zero-order chi connectivity index (χ0) is 15.4. The number of hydrogen-bond donors (Lipinski definition) is 0. The molecule has 2 aromatic rings. The molecule has 1 saturated heterocycles. The van der Waals surface area contributed by atoms with Gasteiger partial charge >= 0.3 is 0 Å². The van der Waals surface area contributed by atoms with E-state index in [0.717, 1.165) is 31.9 Å². The Labute approximate surface area is 133 Å². The molecule has 0 N–H and O–H groups in total. The van der Waals surface area contributed by atoms with Crippen LogP contribution in [0, 0.1) is 0 Å². The molecule has 0 radical (unpaired) electrons. The van der Waals surface area contributed by atoms with Crippen LogP contribution in [0.1, 0.15) is 11.7 Å². The van der Waals surface area contributed by atoms with Crippen molar-refractivity contribution in [1.82, 2.24) is 20.0 Å². The maximum atomic E-state index is 5.94. The lowest BCUT2D eigenvalue weighted by molar-refractivity contribution is 0.174. The minimum absolute atomic E-state index is 0.375. The molecular weight excluding hydrogens is 306 g/mol. The van der Waals surface area contributed by atoms with Gasteiger partial charge in [0, 0.05) is 45.2 Å². The maximum Gasteiger partial charge on any atom is 0.240 e. The van der Waals surface area contributed by atoms with Gasteiger partial charge in [-0.15, -0.1) is 0 Å². The Morgan fingerprint density at radius 1 is 1.32 bits per heavy atom. The third-order valence-electron chi connectivity index (χ3n) is 3.59. The Morgan fingerprint density at radius 2 is 2.14 bits per heavy atom. The SMILES string of the molecule is COCc1noc(CN2CCN(c3ccnc(Cl)c3)CC2)n1. The van der Waals surface area contributed by atoms with E-state index >= 15 is 0 Å². The standard InChI is InChI=1S/C14H18ClN5O2/c1-21-10-13-17-14(22-18-13)9-19-4-6-20(7-5-19)11-2-3-16-12(15)8-11/h2-3,8H,4-7,9-10H2,1H3. The molecular formula is C14H18ClN5O2. The topological polar surface area (TPSA) is 67.5 Å². The number of anilines is 1. The van der Waals surface area contributed by atoms with Crippen molar-refractivity contribution >= 4 is 17.3 Å². The Hall–Kier alpha value is -1.70. The number of pyridine rings is 1. The average molecular weight is 324 g/mol. The fourth-order valence-electron chi connectivity index (χ4n) is 2.49. The molecule has 22 heavy (non-hydrogen) atoms. The zero-order valence-electron chi connectivity index (χ0n) is 12.4. The zero-order valence-corrected chi connectivity index (χ0v) is 13.2. The second-order valence-corrected chi connectivity index (χ2v) is 5.52. The van der Waals surface area contributed by atoms with Gasteiger partial charge in [0.2, 0.25) is 5.89 Å². The Morgan fingerprint density at radius 3 is 2.86 bits per heavy atom. The van der Waals surface area contributed by atoms with E-state index in [1.165, 1.54) is 0 Å². The summed E-state index contributed by atoms with van der Waals surface area (Å²) in [6.45, 7) is 4.77. The van der Waals surface area contributed by atoms with Crippen molar-refractivity contribution < 1.29 is 9.26 Å². The maximum absolute atomic E-state index is 5.94. The van der Waals surface area contributed by atoms with E-state index in [4.69, 9.17) is 20.9 Å². The van der Waals surface area contributed by atoms with Gasteiger partial charge in [-0.2, -0.15) is 4.98 Å². The van der Waals surface area contributed by atoms with Gasteiger partial charge in [0.15, 0.2) is 5.82 Å². The van der Waals surface area contributed by atoms with Gasteiger partial charge in [0.1, 0.15) is 11.8 Å². The fraction of sp³-hybridized carbons (Fsp3) is 0.500. The second-order valence-electron chi connectivity index (χ2n) is 5.14. The normalized spacial score (nSPS) is 16.2. The molecule has 8 heteroatoms. The smallest absolute Gasteiger partial charge is 0.240 e. The predicted molar refractivity (Wildman–Crippen MR) is 81.7 cm³/mol. The molecule has 1 fully saturated rings. The molecule has 1 aliphatic heterocycles. The molecule has 0 amide bonds. The summed E-state index contributed by atoms with van der Waals surface area (Å²) >= 11 is 5.94. The van der Waals surface area contributed by atoms with E-state index in [2.05, 4.69) is 24.9 Å². The summed E-state index contributed by atoms with van der Waals surface area (Å²) < 4.78 is 10.2. The molecule has 0 saturated carbocycles. The number of piperazine rings is 1. The van der Waals surface area contributed by atoms with Crippen molar-refractivity contribution in [3.05, 3.63) is 35.2 Å². The third kappa shape index (κ3) is 3.73. The highest BCUT2D eigenvalue weighted by Crippen LogP contribution is 2.19. The lowest BCUT2D eigenvalue weighted by Gasteiger charge is -2.35. The van der Waals surface area contributed by atoms with E-state index in [-0.39, 0.29) is 0 Å². The minimum atomic E-state index is 0.375. The number of ether oxygens (including phenoxy) is 1. The lowest BCUT2D eigenvalue weighted by Crippen LogP contribution is -2.46. The van der Waals surface area contributed by atoms with Gasteiger partial charge in [0.25, 0.3) is 0 Å². The van der Waals surface area contributed by atoms with Gasteiger partial charge in [-0.1, -0.05) is 16.8 Å². The van der Waals surface area contributed by atoms with Crippen LogP contribution in [0.3, 0.4) is 0 Å². The van der Waals surface area contributed by atoms with Crippen LogP contribution in [-0.4, -0.2) is 53.3 Å². The van der Waals surface area contributed by atoms with E-state index in [9.17, 15) is 0 Å². The quantitative estimate of drug-likeness (QED) is 0.774. The van der Waals surface area contributed by atoms with Crippen LogP contribution in [0.2, 0.25) is 5.15 Å². The van der Waals surface area contributed by atoms with Gasteiger partial charge in [-0.25, -0.2) is 4.98 Å². The lowest BCUT2D eigenvalue weighted by atomic mass is 10.2. The highest BCUT2D eigenvalue weighted by Gasteiger charge is 2.19. The van der Waals surface area contributed by atoms with Crippen LogP contribution in [0.4, 0.5) is 5.69 Å². The van der Waals surface area contributed by atoms with Crippen LogP contribution < -0.4 is 4.90 Å². The van der Waals surface area contributed by atoms with Gasteiger partial charge < -0.3 is 14.2 Å². The molecule has 3 heterocycles. The molecule has 118 valence electrons. The van der Waals surface area contributed by atoms with Crippen molar-refractivity contribution in [1.29, 1.82) is 0 Å². The molecule has 0 spiro atoms. The monoisotopic (exact) mass is 323 g/mol. The Balaban J connectivity index is 1.53. The summed E-state index contributed by atoms with van der Waals surface area (Å²) in [5.74, 6) is 1.22. The Bertz CT molecular complexity index is 613. The number of rotatable bonds is 5. The Kier molecular flexibility index (Phi) is 4.87. The third-order valence-corrected chi connectivity index (χ3v) is 3.80. The molecule has 3 rings (SSSR count). The van der Waals surface area contributed by atoms with Crippen LogP contribution in [-0.2, 0) is 17.9 Å². The molecule has 2 aromatic heterocycles. The molecule has 0 atom stereocenters. The van der Waals surface area contributed by atoms with Gasteiger partial charge in [-0.3, -0.25) is 4.90 Å². The average Bonchev–Trinajstić information content (AvgIpc) is 2.96. The minimum Gasteiger partial charge on any atom is -0.377 e. The van der Waals surface area contributed by atoms with Crippen LogP contribution in [0.15, 0.2) is 22.9 Å². The van der Waals surface area contributed by atoms with E-state index < -0.39 is 0 Å². The molecule has 0 aromatic carbocycles. The van der Waals surface area contributed by atoms with Crippen molar-refractivity contribution in [2.24, 2.45) is 0 Å². The number of hydrogen-bond acceptors (Lipinski definition) is 7. The van der Waals surface area contributed by atoms with Crippen LogP contribution in [0.5, 0.6) is 0 Å². The number of halogens is 1. The summed E-state index contributed by atoms with van der Waals surface area (Å²) in [5, 5.41) is 4.40. The molecule has 0 unspecified atom stereocenters. The first-order valence-corrected chi connectivity index (χ1v) is 7.51. The number of nitrogens with zero attached hydrogens (tertiary/aromatic N) is 5. The van der Waals surface area contributed by atoms with Crippen molar-refractivity contribution in [3.8, 4) is 0 Å². The first-order chi connectivity index (χ1) is 10.7. The first kappa shape index (κ1) is 15.2. The van der Waals surface area contributed by atoms with Crippen molar-refractivity contribution in [3.63, 3.8) is 0 Å².